The molecule has 0 spiro atoms. The lowest BCUT2D eigenvalue weighted by atomic mass is 10.0. The molecule has 122 valence electrons. The van der Waals surface area contributed by atoms with Crippen LogP contribution in [0.25, 0.3) is 0 Å². The first-order valence-electron chi connectivity index (χ1n) is 7.80. The highest BCUT2D eigenvalue weighted by atomic mass is 32.2. The molecule has 2 aliphatic rings. The SMILES string of the molecule is NCCCOC1CCN(C(=O)CC2CCS(=O)(=O)C2)CC1. The summed E-state index contributed by atoms with van der Waals surface area (Å²) in [6.07, 6.45) is 3.82. The summed E-state index contributed by atoms with van der Waals surface area (Å²) in [4.78, 5) is 14.1. The van der Waals surface area contributed by atoms with Crippen molar-refractivity contribution < 1.29 is 17.9 Å². The van der Waals surface area contributed by atoms with Crippen LogP contribution in [0.3, 0.4) is 0 Å². The van der Waals surface area contributed by atoms with Gasteiger partial charge in [0.25, 0.3) is 0 Å². The van der Waals surface area contributed by atoms with Crippen LogP contribution >= 0.6 is 0 Å². The van der Waals surface area contributed by atoms with Crippen molar-refractivity contribution in [2.45, 2.75) is 38.2 Å². The quantitative estimate of drug-likeness (QED) is 0.705. The summed E-state index contributed by atoms with van der Waals surface area (Å²) in [6.45, 7) is 2.76. The fourth-order valence-corrected chi connectivity index (χ4v) is 4.88. The largest absolute Gasteiger partial charge is 0.378 e. The molecule has 2 fully saturated rings. The second-order valence-electron chi connectivity index (χ2n) is 6.07. The lowest BCUT2D eigenvalue weighted by molar-refractivity contribution is -0.134. The van der Waals surface area contributed by atoms with Gasteiger partial charge in [0.1, 0.15) is 0 Å². The number of likely N-dealkylation sites (tertiary alicyclic amines) is 1. The van der Waals surface area contributed by atoms with E-state index in [-0.39, 0.29) is 29.4 Å². The number of hydrogen-bond donors (Lipinski definition) is 1. The van der Waals surface area contributed by atoms with Crippen LogP contribution in [-0.4, -0.2) is 63.1 Å². The minimum Gasteiger partial charge on any atom is -0.378 e. The number of carbonyl (C=O) groups excluding carboxylic acids is 1. The van der Waals surface area contributed by atoms with Crippen molar-refractivity contribution in [1.29, 1.82) is 0 Å². The summed E-state index contributed by atoms with van der Waals surface area (Å²) in [5.41, 5.74) is 5.43. The minimum atomic E-state index is -2.89. The van der Waals surface area contributed by atoms with Gasteiger partial charge in [-0.25, -0.2) is 8.42 Å². The fraction of sp³-hybridized carbons (Fsp3) is 0.929. The Morgan fingerprint density at radius 3 is 2.52 bits per heavy atom. The van der Waals surface area contributed by atoms with E-state index in [0.29, 0.717) is 39.1 Å². The Morgan fingerprint density at radius 2 is 1.95 bits per heavy atom. The third kappa shape index (κ3) is 5.23. The Morgan fingerprint density at radius 1 is 1.24 bits per heavy atom. The van der Waals surface area contributed by atoms with Gasteiger partial charge in [-0.1, -0.05) is 0 Å². The summed E-state index contributed by atoms with van der Waals surface area (Å²) in [6, 6.07) is 0. The molecule has 21 heavy (non-hydrogen) atoms. The number of amides is 1. The fourth-order valence-electron chi connectivity index (χ4n) is 3.01. The average Bonchev–Trinajstić information content (AvgIpc) is 2.79. The monoisotopic (exact) mass is 318 g/mol. The van der Waals surface area contributed by atoms with Gasteiger partial charge < -0.3 is 15.4 Å². The van der Waals surface area contributed by atoms with E-state index in [1.165, 1.54) is 0 Å². The van der Waals surface area contributed by atoms with E-state index in [4.69, 9.17) is 10.5 Å². The van der Waals surface area contributed by atoms with Crippen LogP contribution in [0.15, 0.2) is 0 Å². The molecule has 2 heterocycles. The lowest BCUT2D eigenvalue weighted by Crippen LogP contribution is -2.41. The topological polar surface area (TPSA) is 89.7 Å². The van der Waals surface area contributed by atoms with E-state index in [1.807, 2.05) is 4.90 Å². The first kappa shape index (κ1) is 16.7. The van der Waals surface area contributed by atoms with Crippen LogP contribution in [0.5, 0.6) is 0 Å². The second-order valence-corrected chi connectivity index (χ2v) is 8.30. The van der Waals surface area contributed by atoms with Gasteiger partial charge in [0.05, 0.1) is 17.6 Å². The average molecular weight is 318 g/mol. The molecule has 0 aliphatic carbocycles. The molecular formula is C14H26N2O4S. The maximum absolute atomic E-state index is 12.2. The van der Waals surface area contributed by atoms with Crippen LogP contribution in [0.2, 0.25) is 0 Å². The number of hydrogen-bond acceptors (Lipinski definition) is 5. The highest BCUT2D eigenvalue weighted by molar-refractivity contribution is 7.91. The van der Waals surface area contributed by atoms with Gasteiger partial charge >= 0.3 is 0 Å². The van der Waals surface area contributed by atoms with Crippen molar-refractivity contribution in [2.75, 3.05) is 37.7 Å². The molecule has 7 heteroatoms. The van der Waals surface area contributed by atoms with Crippen LogP contribution in [0.1, 0.15) is 32.1 Å². The van der Waals surface area contributed by atoms with Crippen molar-refractivity contribution >= 4 is 15.7 Å². The number of sulfone groups is 1. The van der Waals surface area contributed by atoms with Gasteiger partial charge in [0.15, 0.2) is 9.84 Å². The molecule has 2 N–H and O–H groups in total. The summed E-state index contributed by atoms with van der Waals surface area (Å²) in [5.74, 6) is 0.526. The normalized spacial score (nSPS) is 26.1. The molecule has 0 aromatic heterocycles. The van der Waals surface area contributed by atoms with E-state index in [9.17, 15) is 13.2 Å². The Hall–Kier alpha value is -0.660. The zero-order valence-corrected chi connectivity index (χ0v) is 13.3. The van der Waals surface area contributed by atoms with Crippen molar-refractivity contribution in [3.63, 3.8) is 0 Å². The van der Waals surface area contributed by atoms with Gasteiger partial charge in [0, 0.05) is 26.1 Å². The maximum Gasteiger partial charge on any atom is 0.222 e. The Labute approximate surface area is 126 Å². The molecule has 0 saturated carbocycles. The van der Waals surface area contributed by atoms with Gasteiger partial charge in [0.2, 0.25) is 5.91 Å². The van der Waals surface area contributed by atoms with E-state index < -0.39 is 9.84 Å². The molecule has 2 rings (SSSR count). The number of nitrogens with zero attached hydrogens (tertiary/aromatic N) is 1. The molecule has 0 radical (unpaired) electrons. The second kappa shape index (κ2) is 7.56. The molecule has 1 unspecified atom stereocenters. The van der Waals surface area contributed by atoms with Crippen LogP contribution in [-0.2, 0) is 19.4 Å². The summed E-state index contributed by atoms with van der Waals surface area (Å²) in [5, 5.41) is 0. The third-order valence-corrected chi connectivity index (χ3v) is 6.12. The van der Waals surface area contributed by atoms with Crippen LogP contribution in [0.4, 0.5) is 0 Å². The Kier molecular flexibility index (Phi) is 6.01. The third-order valence-electron chi connectivity index (χ3n) is 4.29. The van der Waals surface area contributed by atoms with Crippen molar-refractivity contribution in [3.05, 3.63) is 0 Å². The van der Waals surface area contributed by atoms with E-state index in [2.05, 4.69) is 0 Å². The zero-order chi connectivity index (χ0) is 15.3. The van der Waals surface area contributed by atoms with Crippen LogP contribution < -0.4 is 5.73 Å². The van der Waals surface area contributed by atoms with E-state index in [0.717, 1.165) is 19.3 Å². The van der Waals surface area contributed by atoms with E-state index >= 15 is 0 Å². The highest BCUT2D eigenvalue weighted by Crippen LogP contribution is 2.23. The number of piperidine rings is 1. The van der Waals surface area contributed by atoms with Gasteiger partial charge in [-0.05, 0) is 38.1 Å². The van der Waals surface area contributed by atoms with Gasteiger partial charge in [-0.15, -0.1) is 0 Å². The molecule has 0 aromatic carbocycles. The number of nitrogens with two attached hydrogens (primary N) is 1. The van der Waals surface area contributed by atoms with Crippen molar-refractivity contribution in [3.8, 4) is 0 Å². The Balaban J connectivity index is 1.68. The number of rotatable bonds is 6. The number of ether oxygens (including phenoxy) is 1. The summed E-state index contributed by atoms with van der Waals surface area (Å²) < 4.78 is 28.5. The lowest BCUT2D eigenvalue weighted by Gasteiger charge is -2.32. The molecule has 1 amide bonds. The van der Waals surface area contributed by atoms with Crippen LogP contribution in [0, 0.1) is 5.92 Å². The molecule has 1 atom stereocenters. The molecule has 0 aromatic rings. The predicted octanol–water partition coefficient (Wildman–Crippen LogP) is 0.168. The first-order valence-corrected chi connectivity index (χ1v) is 9.62. The highest BCUT2D eigenvalue weighted by Gasteiger charge is 2.31. The van der Waals surface area contributed by atoms with Crippen molar-refractivity contribution in [2.24, 2.45) is 11.7 Å². The molecular weight excluding hydrogens is 292 g/mol. The number of carbonyl (C=O) groups is 1. The summed E-state index contributed by atoms with van der Waals surface area (Å²) >= 11 is 0. The van der Waals surface area contributed by atoms with Crippen molar-refractivity contribution in [1.82, 2.24) is 4.90 Å². The summed E-state index contributed by atoms with van der Waals surface area (Å²) in [7, 11) is -2.89. The molecule has 2 saturated heterocycles. The zero-order valence-electron chi connectivity index (χ0n) is 12.5. The predicted molar refractivity (Wildman–Crippen MR) is 80.6 cm³/mol. The van der Waals surface area contributed by atoms with Gasteiger partial charge in [-0.3, -0.25) is 4.79 Å². The smallest absolute Gasteiger partial charge is 0.222 e. The van der Waals surface area contributed by atoms with E-state index in [1.54, 1.807) is 0 Å². The first-order chi connectivity index (χ1) is 10.00. The maximum atomic E-state index is 12.2. The Bertz CT molecular complexity index is 444. The minimum absolute atomic E-state index is 0.0148. The molecule has 2 aliphatic heterocycles. The standard InChI is InChI=1S/C14H26N2O4S/c15-5-1-8-20-13-2-6-16(7-3-13)14(17)10-12-4-9-21(18,19)11-12/h12-13H,1-11,15H2. The molecule has 0 bridgehead atoms. The van der Waals surface area contributed by atoms with Gasteiger partial charge in [-0.2, -0.15) is 0 Å². The molecule has 6 nitrogen and oxygen atoms in total.